The number of carbonyl (C=O) groups is 1. The highest BCUT2D eigenvalue weighted by atomic mass is 19.4. The minimum absolute atomic E-state index is 0.0424. The Morgan fingerprint density at radius 3 is 2.55 bits per heavy atom. The number of aliphatic hydroxyl groups is 1. The molecular weight excluding hydrogens is 499 g/mol. The van der Waals surface area contributed by atoms with E-state index in [-0.39, 0.29) is 30.3 Å². The van der Waals surface area contributed by atoms with Crippen molar-refractivity contribution in [3.63, 3.8) is 0 Å². The van der Waals surface area contributed by atoms with Crippen LogP contribution in [-0.4, -0.2) is 36.2 Å². The molecule has 0 bridgehead atoms. The van der Waals surface area contributed by atoms with Crippen molar-refractivity contribution in [2.45, 2.75) is 76.7 Å². The Balaban J connectivity index is 1.56. The molecule has 1 atom stereocenters. The van der Waals surface area contributed by atoms with Crippen LogP contribution in [0.1, 0.15) is 68.7 Å². The topological polar surface area (TPSA) is 102 Å². The number of nitrogens with one attached hydrogen (secondary N) is 1. The number of aromatic nitrogens is 4. The minimum atomic E-state index is -4.51. The molecule has 4 rings (SSSR count). The van der Waals surface area contributed by atoms with Gasteiger partial charge in [0.2, 0.25) is 0 Å². The van der Waals surface area contributed by atoms with E-state index in [0.717, 1.165) is 36.4 Å². The molecule has 1 unspecified atom stereocenters. The van der Waals surface area contributed by atoms with Gasteiger partial charge in [-0.25, -0.2) is 4.68 Å². The minimum Gasteiger partial charge on any atom is -0.389 e. The molecule has 11 heteroatoms. The van der Waals surface area contributed by atoms with Gasteiger partial charge in [-0.3, -0.25) is 14.3 Å². The van der Waals surface area contributed by atoms with Gasteiger partial charge in [-0.15, -0.1) is 0 Å². The maximum absolute atomic E-state index is 13.4. The zero-order chi connectivity index (χ0) is 27.5. The van der Waals surface area contributed by atoms with Crippen LogP contribution >= 0.6 is 0 Å². The molecule has 2 aromatic heterocycles. The van der Waals surface area contributed by atoms with Crippen molar-refractivity contribution in [3.8, 4) is 0 Å². The van der Waals surface area contributed by atoms with Crippen LogP contribution in [0.15, 0.2) is 53.6 Å². The van der Waals surface area contributed by atoms with Crippen molar-refractivity contribution in [2.24, 2.45) is 5.92 Å². The van der Waals surface area contributed by atoms with Crippen LogP contribution in [0.2, 0.25) is 0 Å². The van der Waals surface area contributed by atoms with Gasteiger partial charge in [0.25, 0.3) is 11.5 Å². The zero-order valence-corrected chi connectivity index (χ0v) is 21.4. The summed E-state index contributed by atoms with van der Waals surface area (Å²) in [7, 11) is 0. The summed E-state index contributed by atoms with van der Waals surface area (Å²) in [5.74, 6) is 0.0878. The lowest BCUT2D eigenvalue weighted by Crippen LogP contribution is -2.36. The Morgan fingerprint density at radius 2 is 1.89 bits per heavy atom. The van der Waals surface area contributed by atoms with Crippen molar-refractivity contribution in [3.05, 3.63) is 75.8 Å². The number of benzene rings is 1. The predicted octanol–water partition coefficient (Wildman–Crippen LogP) is 4.58. The second-order valence-corrected chi connectivity index (χ2v) is 10.6. The van der Waals surface area contributed by atoms with E-state index in [4.69, 9.17) is 0 Å². The molecule has 0 saturated heterocycles. The Kier molecular flexibility index (Phi) is 8.05. The number of amides is 1. The average Bonchev–Trinajstić information content (AvgIpc) is 3.48. The number of anilines is 1. The van der Waals surface area contributed by atoms with Crippen LogP contribution in [0.3, 0.4) is 0 Å². The summed E-state index contributed by atoms with van der Waals surface area (Å²) in [6.07, 6.45) is 2.79. The van der Waals surface area contributed by atoms with Crippen molar-refractivity contribution in [1.29, 1.82) is 0 Å². The predicted molar refractivity (Wildman–Crippen MR) is 136 cm³/mol. The molecule has 2 N–H and O–H groups in total. The molecule has 1 aliphatic carbocycles. The van der Waals surface area contributed by atoms with Crippen LogP contribution in [0, 0.1) is 5.92 Å². The molecule has 0 spiro atoms. The maximum atomic E-state index is 13.4. The lowest BCUT2D eigenvalue weighted by Gasteiger charge is -2.21. The second kappa shape index (κ2) is 11.1. The molecule has 0 radical (unpaired) electrons. The summed E-state index contributed by atoms with van der Waals surface area (Å²) in [4.78, 5) is 26.4. The molecule has 1 aromatic carbocycles. The first-order valence-electron chi connectivity index (χ1n) is 12.7. The van der Waals surface area contributed by atoms with E-state index in [1.807, 2.05) is 0 Å². The van der Waals surface area contributed by atoms with Crippen LogP contribution in [0.5, 0.6) is 0 Å². The molecule has 1 amide bonds. The molecule has 8 nitrogen and oxygen atoms in total. The van der Waals surface area contributed by atoms with E-state index in [1.54, 1.807) is 26.1 Å². The fourth-order valence-electron chi connectivity index (χ4n) is 4.96. The standard InChI is InChI=1S/C27H32F3N5O3/c1-26(2,38)17-34-12-11-23(33-34)32-25(37)22(14-18-7-3-4-8-18)35-24(36)15-19(16-31-35)13-20-9-5-6-10-21(20)27(28,29)30/h5-6,9-12,15-16,18,22,38H,3-4,7-8,13-14,17H2,1-2H3,(H,32,33,37). The van der Waals surface area contributed by atoms with Gasteiger partial charge in [0, 0.05) is 18.3 Å². The quantitative estimate of drug-likeness (QED) is 0.421. The highest BCUT2D eigenvalue weighted by Gasteiger charge is 2.33. The SMILES string of the molecule is CC(C)(O)Cn1ccc(NC(=O)C(CC2CCCC2)n2ncc(Cc3ccccc3C(F)(F)F)cc2=O)n1. The van der Waals surface area contributed by atoms with Gasteiger partial charge >= 0.3 is 6.18 Å². The summed E-state index contributed by atoms with van der Waals surface area (Å²) in [5, 5.41) is 21.3. The van der Waals surface area contributed by atoms with Crippen LogP contribution in [0.4, 0.5) is 19.0 Å². The highest BCUT2D eigenvalue weighted by Crippen LogP contribution is 2.33. The summed E-state index contributed by atoms with van der Waals surface area (Å²) >= 11 is 0. The lowest BCUT2D eigenvalue weighted by molar-refractivity contribution is -0.138. The third kappa shape index (κ3) is 7.09. The third-order valence-electron chi connectivity index (χ3n) is 6.67. The van der Waals surface area contributed by atoms with Crippen molar-refractivity contribution < 1.29 is 23.1 Å². The largest absolute Gasteiger partial charge is 0.416 e. The fourth-order valence-corrected chi connectivity index (χ4v) is 4.96. The van der Waals surface area contributed by atoms with Crippen molar-refractivity contribution >= 4 is 11.7 Å². The molecule has 1 aliphatic rings. The normalized spacial score (nSPS) is 15.5. The van der Waals surface area contributed by atoms with Gasteiger partial charge in [0.1, 0.15) is 6.04 Å². The van der Waals surface area contributed by atoms with Gasteiger partial charge < -0.3 is 10.4 Å². The van der Waals surface area contributed by atoms with Crippen LogP contribution in [0.25, 0.3) is 0 Å². The Morgan fingerprint density at radius 1 is 1.18 bits per heavy atom. The summed E-state index contributed by atoms with van der Waals surface area (Å²) in [6.45, 7) is 3.52. The monoisotopic (exact) mass is 531 g/mol. The first-order valence-corrected chi connectivity index (χ1v) is 12.7. The van der Waals surface area contributed by atoms with Crippen molar-refractivity contribution in [1.82, 2.24) is 19.6 Å². The highest BCUT2D eigenvalue weighted by molar-refractivity contribution is 5.92. The van der Waals surface area contributed by atoms with E-state index >= 15 is 0 Å². The molecule has 3 aromatic rings. The maximum Gasteiger partial charge on any atom is 0.416 e. The van der Waals surface area contributed by atoms with Gasteiger partial charge in [0.05, 0.1) is 23.9 Å². The lowest BCUT2D eigenvalue weighted by atomic mass is 9.97. The number of alkyl halides is 3. The number of carbonyl (C=O) groups excluding carboxylic acids is 1. The van der Waals surface area contributed by atoms with E-state index in [2.05, 4.69) is 15.5 Å². The number of rotatable bonds is 9. The number of nitrogens with zero attached hydrogens (tertiary/aromatic N) is 4. The van der Waals surface area contributed by atoms with Gasteiger partial charge in [-0.05, 0) is 49.8 Å². The van der Waals surface area contributed by atoms with Crippen LogP contribution < -0.4 is 10.9 Å². The Hall–Kier alpha value is -3.47. The number of halogens is 3. The molecule has 2 heterocycles. The van der Waals surface area contributed by atoms with Crippen LogP contribution in [-0.2, 0) is 23.9 Å². The first-order chi connectivity index (χ1) is 17.9. The molecular formula is C27H32F3N5O3. The van der Waals surface area contributed by atoms with Gasteiger partial charge in [0.15, 0.2) is 5.82 Å². The number of hydrogen-bond donors (Lipinski definition) is 2. The zero-order valence-electron chi connectivity index (χ0n) is 21.4. The van der Waals surface area contributed by atoms with Crippen molar-refractivity contribution in [2.75, 3.05) is 5.32 Å². The molecule has 38 heavy (non-hydrogen) atoms. The first kappa shape index (κ1) is 27.6. The summed E-state index contributed by atoms with van der Waals surface area (Å²) < 4.78 is 42.8. The molecule has 0 aliphatic heterocycles. The van der Waals surface area contributed by atoms with E-state index in [1.165, 1.54) is 35.1 Å². The Labute approximate surface area is 218 Å². The second-order valence-electron chi connectivity index (χ2n) is 10.6. The number of hydrogen-bond acceptors (Lipinski definition) is 5. The van der Waals surface area contributed by atoms with Gasteiger partial charge in [-0.1, -0.05) is 43.9 Å². The van der Waals surface area contributed by atoms with E-state index in [9.17, 15) is 27.9 Å². The summed E-state index contributed by atoms with van der Waals surface area (Å²) in [5.41, 5.74) is -1.93. The van der Waals surface area contributed by atoms with E-state index in [0.29, 0.717) is 12.0 Å². The third-order valence-corrected chi connectivity index (χ3v) is 6.67. The Bertz CT molecular complexity index is 1320. The smallest absolute Gasteiger partial charge is 0.389 e. The average molecular weight is 532 g/mol. The molecule has 1 fully saturated rings. The fraction of sp³-hybridized carbons (Fsp3) is 0.481. The summed E-state index contributed by atoms with van der Waals surface area (Å²) in [6, 6.07) is 7.17. The molecule has 204 valence electrons. The van der Waals surface area contributed by atoms with E-state index < -0.39 is 34.8 Å². The molecule has 1 saturated carbocycles. The van der Waals surface area contributed by atoms with Gasteiger partial charge in [-0.2, -0.15) is 23.4 Å².